The van der Waals surface area contributed by atoms with Crippen molar-refractivity contribution in [1.82, 2.24) is 4.90 Å². The number of hydrogen-bond acceptors (Lipinski definition) is 3. The molecule has 17 heavy (non-hydrogen) atoms. The van der Waals surface area contributed by atoms with Crippen molar-refractivity contribution in [3.8, 4) is 0 Å². The Morgan fingerprint density at radius 1 is 1.41 bits per heavy atom. The molecule has 0 atom stereocenters. The topological polar surface area (TPSA) is 55.6 Å². The van der Waals surface area contributed by atoms with Crippen LogP contribution in [0.2, 0.25) is 0 Å². The summed E-state index contributed by atoms with van der Waals surface area (Å²) in [4.78, 5) is 13.3. The molecule has 0 aromatic rings. The molecule has 3 aliphatic rings. The molecule has 2 N–H and O–H groups in total. The second-order valence-electron chi connectivity index (χ2n) is 6.54. The summed E-state index contributed by atoms with van der Waals surface area (Å²) < 4.78 is 19.4. The Morgan fingerprint density at radius 2 is 2.00 bits per heavy atom. The molecule has 2 bridgehead atoms. The van der Waals surface area contributed by atoms with Gasteiger partial charge in [0.25, 0.3) is 0 Å². The van der Waals surface area contributed by atoms with E-state index in [2.05, 4.69) is 0 Å². The van der Waals surface area contributed by atoms with Gasteiger partial charge in [-0.15, -0.1) is 0 Å². The molecule has 1 saturated carbocycles. The predicted octanol–water partition coefficient (Wildman–Crippen LogP) is 1.68. The van der Waals surface area contributed by atoms with Gasteiger partial charge in [-0.25, -0.2) is 9.18 Å². The van der Waals surface area contributed by atoms with Gasteiger partial charge in [-0.3, -0.25) is 0 Å². The predicted molar refractivity (Wildman–Crippen MR) is 62.4 cm³/mol. The largest absolute Gasteiger partial charge is 0.444 e. The highest BCUT2D eigenvalue weighted by molar-refractivity contribution is 5.69. The summed E-state index contributed by atoms with van der Waals surface area (Å²) in [5.41, 5.74) is 3.68. The Balaban J connectivity index is 2.02. The maximum absolute atomic E-state index is 14.1. The second kappa shape index (κ2) is 3.57. The molecule has 3 fully saturated rings. The third kappa shape index (κ3) is 2.39. The first-order chi connectivity index (χ1) is 7.67. The van der Waals surface area contributed by atoms with Crippen LogP contribution in [0.4, 0.5) is 9.18 Å². The van der Waals surface area contributed by atoms with Gasteiger partial charge in [-0.05, 0) is 40.2 Å². The molecule has 5 heteroatoms. The summed E-state index contributed by atoms with van der Waals surface area (Å²) in [6.45, 7) is 6.50. The number of nitrogens with zero attached hydrogens (tertiary/aromatic N) is 1. The van der Waals surface area contributed by atoms with Crippen molar-refractivity contribution >= 4 is 6.09 Å². The Hall–Kier alpha value is -0.840. The van der Waals surface area contributed by atoms with E-state index < -0.39 is 17.4 Å². The number of ether oxygens (including phenoxy) is 1. The third-order valence-electron chi connectivity index (χ3n) is 3.47. The summed E-state index contributed by atoms with van der Waals surface area (Å²) in [5.74, 6) is 0. The highest BCUT2D eigenvalue weighted by Gasteiger charge is 2.61. The highest BCUT2D eigenvalue weighted by atomic mass is 19.1. The third-order valence-corrected chi connectivity index (χ3v) is 3.47. The quantitative estimate of drug-likeness (QED) is 0.763. The van der Waals surface area contributed by atoms with Crippen LogP contribution >= 0.6 is 0 Å². The average Bonchev–Trinajstić information content (AvgIpc) is 2.12. The van der Waals surface area contributed by atoms with E-state index >= 15 is 0 Å². The van der Waals surface area contributed by atoms with E-state index in [-0.39, 0.29) is 12.0 Å². The van der Waals surface area contributed by atoms with Gasteiger partial charge >= 0.3 is 6.09 Å². The molecule has 1 aliphatic carbocycles. The SMILES string of the molecule is CC(C)(C)OC(=O)N1CC2(F)CC(CN)(C1)C2. The number of amides is 1. The number of piperidine rings is 2. The minimum atomic E-state index is -1.24. The fraction of sp³-hybridized carbons (Fsp3) is 0.917. The van der Waals surface area contributed by atoms with Crippen molar-refractivity contribution in [2.75, 3.05) is 19.6 Å². The molecule has 2 heterocycles. The number of nitrogens with two attached hydrogens (primary N) is 1. The summed E-state index contributed by atoms with van der Waals surface area (Å²) >= 11 is 0. The van der Waals surface area contributed by atoms with E-state index in [1.165, 1.54) is 4.90 Å². The van der Waals surface area contributed by atoms with Crippen LogP contribution in [-0.4, -0.2) is 41.9 Å². The van der Waals surface area contributed by atoms with Crippen molar-refractivity contribution < 1.29 is 13.9 Å². The minimum Gasteiger partial charge on any atom is -0.444 e. The molecule has 0 unspecified atom stereocenters. The minimum absolute atomic E-state index is 0.143. The van der Waals surface area contributed by atoms with Crippen LogP contribution in [-0.2, 0) is 4.74 Å². The standard InChI is InChI=1S/C12H21FN2O2/c1-10(2,3)17-9(16)15-7-11(6-14)4-12(13,5-11)8-15/h4-8,14H2,1-3H3. The van der Waals surface area contributed by atoms with Gasteiger partial charge in [0.05, 0.1) is 6.54 Å². The number of halogens is 1. The first-order valence-electron chi connectivity index (χ1n) is 6.04. The van der Waals surface area contributed by atoms with Gasteiger partial charge in [0.2, 0.25) is 0 Å². The first kappa shape index (κ1) is 12.6. The van der Waals surface area contributed by atoms with Crippen molar-refractivity contribution in [3.63, 3.8) is 0 Å². The maximum Gasteiger partial charge on any atom is 0.410 e. The molecule has 2 saturated heterocycles. The molecule has 0 aromatic carbocycles. The van der Waals surface area contributed by atoms with Crippen molar-refractivity contribution in [3.05, 3.63) is 0 Å². The Morgan fingerprint density at radius 3 is 2.47 bits per heavy atom. The van der Waals surface area contributed by atoms with Crippen LogP contribution in [0, 0.1) is 5.41 Å². The summed E-state index contributed by atoms with van der Waals surface area (Å²) in [6.07, 6.45) is 0.530. The van der Waals surface area contributed by atoms with Gasteiger partial charge in [0.15, 0.2) is 0 Å². The molecule has 98 valence electrons. The smallest absolute Gasteiger partial charge is 0.410 e. The monoisotopic (exact) mass is 244 g/mol. The highest BCUT2D eigenvalue weighted by Crippen LogP contribution is 2.54. The van der Waals surface area contributed by atoms with Crippen molar-refractivity contribution in [2.45, 2.75) is 44.9 Å². The lowest BCUT2D eigenvalue weighted by molar-refractivity contribution is -0.140. The van der Waals surface area contributed by atoms with Crippen LogP contribution in [0.3, 0.4) is 0 Å². The van der Waals surface area contributed by atoms with Gasteiger partial charge in [-0.1, -0.05) is 0 Å². The summed E-state index contributed by atoms with van der Waals surface area (Å²) in [5, 5.41) is 0. The van der Waals surface area contributed by atoms with Crippen LogP contribution in [0.15, 0.2) is 0 Å². The number of alkyl halides is 1. The average molecular weight is 244 g/mol. The van der Waals surface area contributed by atoms with Gasteiger partial charge in [0, 0.05) is 12.0 Å². The Kier molecular flexibility index (Phi) is 2.65. The van der Waals surface area contributed by atoms with Crippen LogP contribution in [0.5, 0.6) is 0 Å². The lowest BCUT2D eigenvalue weighted by Gasteiger charge is -2.59. The molecule has 1 amide bonds. The number of fused-ring (bicyclic) bond motifs is 2. The van der Waals surface area contributed by atoms with Gasteiger partial charge in [0.1, 0.15) is 11.3 Å². The molecule has 0 radical (unpaired) electrons. The van der Waals surface area contributed by atoms with Crippen LogP contribution in [0.25, 0.3) is 0 Å². The van der Waals surface area contributed by atoms with Crippen molar-refractivity contribution in [2.24, 2.45) is 11.1 Å². The lowest BCUT2D eigenvalue weighted by Crippen LogP contribution is -2.68. The number of carbonyl (C=O) groups excluding carboxylic acids is 1. The lowest BCUT2D eigenvalue weighted by atomic mass is 9.57. The van der Waals surface area contributed by atoms with Crippen LogP contribution < -0.4 is 5.73 Å². The maximum atomic E-state index is 14.1. The zero-order valence-corrected chi connectivity index (χ0v) is 10.8. The van der Waals surface area contributed by atoms with Crippen LogP contribution in [0.1, 0.15) is 33.6 Å². The summed E-state index contributed by atoms with van der Waals surface area (Å²) in [6, 6.07) is 0. The van der Waals surface area contributed by atoms with E-state index in [0.717, 1.165) is 0 Å². The molecule has 0 spiro atoms. The zero-order chi connectivity index (χ0) is 12.9. The van der Waals surface area contributed by atoms with E-state index in [1.54, 1.807) is 20.8 Å². The van der Waals surface area contributed by atoms with Gasteiger partial charge in [-0.2, -0.15) is 0 Å². The zero-order valence-electron chi connectivity index (χ0n) is 10.8. The fourth-order valence-corrected chi connectivity index (χ4v) is 2.98. The van der Waals surface area contributed by atoms with E-state index in [9.17, 15) is 9.18 Å². The molecular weight excluding hydrogens is 223 g/mol. The molecule has 2 aliphatic heterocycles. The van der Waals surface area contributed by atoms with E-state index in [1.807, 2.05) is 0 Å². The molecule has 4 nitrogen and oxygen atoms in total. The Bertz CT molecular complexity index is 332. The normalized spacial score (nSPS) is 36.4. The number of hydrogen-bond donors (Lipinski definition) is 1. The van der Waals surface area contributed by atoms with E-state index in [4.69, 9.17) is 10.5 Å². The fourth-order valence-electron chi connectivity index (χ4n) is 2.98. The summed E-state index contributed by atoms with van der Waals surface area (Å²) in [7, 11) is 0. The van der Waals surface area contributed by atoms with Crippen molar-refractivity contribution in [1.29, 1.82) is 0 Å². The van der Waals surface area contributed by atoms with Gasteiger partial charge < -0.3 is 15.4 Å². The van der Waals surface area contributed by atoms with E-state index in [0.29, 0.717) is 25.9 Å². The number of rotatable bonds is 1. The molecular formula is C12H21FN2O2. The first-order valence-corrected chi connectivity index (χ1v) is 6.04. The number of carbonyl (C=O) groups is 1. The molecule has 3 rings (SSSR count). The molecule has 0 aromatic heterocycles. The second-order valence-corrected chi connectivity index (χ2v) is 6.54. The Labute approximate surface area is 101 Å².